The second-order valence-corrected chi connectivity index (χ2v) is 4.95. The lowest BCUT2D eigenvalue weighted by Crippen LogP contribution is -2.38. The van der Waals surface area contributed by atoms with Crippen molar-refractivity contribution in [2.75, 3.05) is 13.7 Å². The summed E-state index contributed by atoms with van der Waals surface area (Å²) >= 11 is 0. The highest BCUT2D eigenvalue weighted by atomic mass is 16.5. The van der Waals surface area contributed by atoms with Gasteiger partial charge in [0.1, 0.15) is 6.04 Å². The molecule has 0 radical (unpaired) electrons. The average molecular weight is 309 g/mol. The van der Waals surface area contributed by atoms with E-state index >= 15 is 0 Å². The Kier molecular flexibility index (Phi) is 7.22. The number of amides is 1. The summed E-state index contributed by atoms with van der Waals surface area (Å²) in [6, 6.07) is 3.83. The molecule has 0 saturated heterocycles. The molecule has 1 unspecified atom stereocenters. The van der Waals surface area contributed by atoms with E-state index in [2.05, 4.69) is 12.2 Å². The second kappa shape index (κ2) is 8.92. The number of carbonyl (C=O) groups is 2. The number of ether oxygens (including phenoxy) is 2. The first-order valence-corrected chi connectivity index (χ1v) is 7.34. The molecule has 6 heteroatoms. The fourth-order valence-electron chi connectivity index (χ4n) is 1.80. The monoisotopic (exact) mass is 309 g/mol. The molecule has 1 amide bonds. The van der Waals surface area contributed by atoms with E-state index in [1.165, 1.54) is 14.0 Å². The molecule has 1 aromatic rings. The van der Waals surface area contributed by atoms with Crippen LogP contribution in [-0.4, -0.2) is 36.7 Å². The summed E-state index contributed by atoms with van der Waals surface area (Å²) in [4.78, 5) is 22.7. The van der Waals surface area contributed by atoms with Gasteiger partial charge in [0.05, 0.1) is 13.7 Å². The van der Waals surface area contributed by atoms with Crippen LogP contribution in [-0.2, 0) is 4.79 Å². The Morgan fingerprint density at radius 3 is 2.59 bits per heavy atom. The lowest BCUT2D eigenvalue weighted by atomic mass is 10.1. The van der Waals surface area contributed by atoms with E-state index in [1.807, 2.05) is 0 Å². The lowest BCUT2D eigenvalue weighted by molar-refractivity contribution is -0.138. The van der Waals surface area contributed by atoms with Crippen LogP contribution in [0.4, 0.5) is 0 Å². The van der Waals surface area contributed by atoms with Gasteiger partial charge < -0.3 is 19.9 Å². The molecule has 0 bridgehead atoms. The number of hydrogen-bond acceptors (Lipinski definition) is 4. The van der Waals surface area contributed by atoms with Gasteiger partial charge in [-0.1, -0.05) is 19.8 Å². The number of carbonyl (C=O) groups excluding carboxylic acids is 1. The minimum absolute atomic E-state index is 0.325. The van der Waals surface area contributed by atoms with Crippen LogP contribution >= 0.6 is 0 Å². The van der Waals surface area contributed by atoms with E-state index in [9.17, 15) is 9.59 Å². The van der Waals surface area contributed by atoms with Crippen molar-refractivity contribution in [1.82, 2.24) is 5.32 Å². The number of hydrogen-bond donors (Lipinski definition) is 2. The molecule has 1 atom stereocenters. The number of unbranched alkanes of at least 4 members (excludes halogenated alkanes) is 2. The summed E-state index contributed by atoms with van der Waals surface area (Å²) in [5.74, 6) is -0.532. The Bertz CT molecular complexity index is 515. The summed E-state index contributed by atoms with van der Waals surface area (Å²) < 4.78 is 10.9. The molecule has 0 aliphatic heterocycles. The summed E-state index contributed by atoms with van der Waals surface area (Å²) in [5.41, 5.74) is 0.325. The van der Waals surface area contributed by atoms with Crippen LogP contribution < -0.4 is 14.8 Å². The zero-order valence-electron chi connectivity index (χ0n) is 13.2. The van der Waals surface area contributed by atoms with Gasteiger partial charge in [0.15, 0.2) is 11.5 Å². The maximum atomic E-state index is 12.0. The predicted molar refractivity (Wildman–Crippen MR) is 82.6 cm³/mol. The minimum Gasteiger partial charge on any atom is -0.493 e. The number of aliphatic carboxylic acids is 1. The van der Waals surface area contributed by atoms with Gasteiger partial charge in [-0.15, -0.1) is 0 Å². The first-order valence-electron chi connectivity index (χ1n) is 7.34. The minimum atomic E-state index is -1.09. The van der Waals surface area contributed by atoms with Crippen molar-refractivity contribution < 1.29 is 24.2 Å². The van der Waals surface area contributed by atoms with E-state index in [0.717, 1.165) is 19.3 Å². The maximum Gasteiger partial charge on any atom is 0.325 e. The quantitative estimate of drug-likeness (QED) is 0.684. The van der Waals surface area contributed by atoms with Crippen LogP contribution in [0.5, 0.6) is 11.5 Å². The molecule has 0 heterocycles. The van der Waals surface area contributed by atoms with Gasteiger partial charge in [-0.25, -0.2) is 0 Å². The standard InChI is InChI=1S/C16H23NO5/c1-4-5-6-9-22-13-8-7-12(10-14(13)21-3)15(18)17-11(2)16(19)20/h7-8,10-11H,4-6,9H2,1-3H3,(H,17,18)(H,19,20). The lowest BCUT2D eigenvalue weighted by Gasteiger charge is -2.13. The average Bonchev–Trinajstić information content (AvgIpc) is 2.51. The van der Waals surface area contributed by atoms with Crippen molar-refractivity contribution in [3.05, 3.63) is 23.8 Å². The summed E-state index contributed by atoms with van der Waals surface area (Å²) in [6.45, 7) is 4.11. The summed E-state index contributed by atoms with van der Waals surface area (Å²) in [5, 5.41) is 11.2. The van der Waals surface area contributed by atoms with E-state index in [1.54, 1.807) is 18.2 Å². The molecular formula is C16H23NO5. The fraction of sp³-hybridized carbons (Fsp3) is 0.500. The van der Waals surface area contributed by atoms with Crippen LogP contribution in [0.15, 0.2) is 18.2 Å². The molecule has 0 saturated carbocycles. The molecule has 0 aromatic heterocycles. The Hall–Kier alpha value is -2.24. The molecule has 22 heavy (non-hydrogen) atoms. The van der Waals surface area contributed by atoms with Gasteiger partial charge in [-0.05, 0) is 31.5 Å². The van der Waals surface area contributed by atoms with Gasteiger partial charge in [-0.3, -0.25) is 9.59 Å². The maximum absolute atomic E-state index is 12.0. The van der Waals surface area contributed by atoms with E-state index < -0.39 is 17.9 Å². The van der Waals surface area contributed by atoms with Gasteiger partial charge in [0, 0.05) is 5.56 Å². The molecule has 1 rings (SSSR count). The molecule has 2 N–H and O–H groups in total. The van der Waals surface area contributed by atoms with E-state index in [0.29, 0.717) is 23.7 Å². The number of carboxylic acids is 1. The molecule has 1 aromatic carbocycles. The highest BCUT2D eigenvalue weighted by Crippen LogP contribution is 2.28. The van der Waals surface area contributed by atoms with Crippen molar-refractivity contribution in [3.63, 3.8) is 0 Å². The van der Waals surface area contributed by atoms with Gasteiger partial charge >= 0.3 is 5.97 Å². The van der Waals surface area contributed by atoms with Crippen molar-refractivity contribution in [1.29, 1.82) is 0 Å². The highest BCUT2D eigenvalue weighted by Gasteiger charge is 2.17. The van der Waals surface area contributed by atoms with Crippen LogP contribution in [0, 0.1) is 0 Å². The first-order chi connectivity index (χ1) is 10.5. The number of nitrogens with one attached hydrogen (secondary N) is 1. The molecule has 0 aliphatic carbocycles. The normalized spacial score (nSPS) is 11.6. The number of methoxy groups -OCH3 is 1. The van der Waals surface area contributed by atoms with Crippen molar-refractivity contribution in [2.45, 2.75) is 39.2 Å². The third-order valence-electron chi connectivity index (χ3n) is 3.15. The van der Waals surface area contributed by atoms with Crippen LogP contribution in [0.25, 0.3) is 0 Å². The zero-order chi connectivity index (χ0) is 16.5. The van der Waals surface area contributed by atoms with Crippen LogP contribution in [0.1, 0.15) is 43.5 Å². The molecule has 0 spiro atoms. The molecule has 6 nitrogen and oxygen atoms in total. The van der Waals surface area contributed by atoms with Gasteiger partial charge in [0.25, 0.3) is 5.91 Å². The Morgan fingerprint density at radius 2 is 2.00 bits per heavy atom. The van der Waals surface area contributed by atoms with Crippen molar-refractivity contribution in [3.8, 4) is 11.5 Å². The van der Waals surface area contributed by atoms with E-state index in [-0.39, 0.29) is 0 Å². The number of benzene rings is 1. The van der Waals surface area contributed by atoms with Crippen LogP contribution in [0.3, 0.4) is 0 Å². The SMILES string of the molecule is CCCCCOc1ccc(C(=O)NC(C)C(=O)O)cc1OC. The zero-order valence-corrected chi connectivity index (χ0v) is 13.2. The largest absolute Gasteiger partial charge is 0.493 e. The third kappa shape index (κ3) is 5.27. The molecular weight excluding hydrogens is 286 g/mol. The number of rotatable bonds is 9. The van der Waals surface area contributed by atoms with Gasteiger partial charge in [-0.2, -0.15) is 0 Å². The Labute approximate surface area is 130 Å². The summed E-state index contributed by atoms with van der Waals surface area (Å²) in [6.07, 6.45) is 3.16. The first kappa shape index (κ1) is 17.8. The summed E-state index contributed by atoms with van der Waals surface area (Å²) in [7, 11) is 1.50. The molecule has 0 aliphatic rings. The fourth-order valence-corrected chi connectivity index (χ4v) is 1.80. The highest BCUT2D eigenvalue weighted by molar-refractivity contribution is 5.97. The topological polar surface area (TPSA) is 84.9 Å². The second-order valence-electron chi connectivity index (χ2n) is 4.95. The Balaban J connectivity index is 2.74. The molecule has 122 valence electrons. The third-order valence-corrected chi connectivity index (χ3v) is 3.15. The molecule has 0 fully saturated rings. The van der Waals surface area contributed by atoms with Crippen LogP contribution in [0.2, 0.25) is 0 Å². The van der Waals surface area contributed by atoms with Crippen molar-refractivity contribution >= 4 is 11.9 Å². The van der Waals surface area contributed by atoms with Gasteiger partial charge in [0.2, 0.25) is 0 Å². The Morgan fingerprint density at radius 1 is 1.27 bits per heavy atom. The van der Waals surface area contributed by atoms with Crippen molar-refractivity contribution in [2.24, 2.45) is 0 Å². The number of carboxylic acid groups (broad SMARTS) is 1. The predicted octanol–water partition coefficient (Wildman–Crippen LogP) is 2.47. The van der Waals surface area contributed by atoms with E-state index in [4.69, 9.17) is 14.6 Å². The smallest absolute Gasteiger partial charge is 0.325 e.